The number of carbonyl (C=O) groups is 1. The van der Waals surface area contributed by atoms with Gasteiger partial charge in [0.25, 0.3) is 5.91 Å². The van der Waals surface area contributed by atoms with E-state index in [1.165, 1.54) is 0 Å². The van der Waals surface area contributed by atoms with E-state index < -0.39 is 24.2 Å². The van der Waals surface area contributed by atoms with Crippen molar-refractivity contribution in [1.82, 2.24) is 20.3 Å². The summed E-state index contributed by atoms with van der Waals surface area (Å²) in [6.45, 7) is 2.60. The van der Waals surface area contributed by atoms with Crippen LogP contribution < -0.4 is 15.5 Å². The molecule has 1 aliphatic carbocycles. The number of rotatable bonds is 5. The number of imidazole rings is 1. The molecule has 2 aromatic heterocycles. The zero-order chi connectivity index (χ0) is 27.9. The number of pyridine rings is 1. The number of anilines is 3. The molecule has 7 nitrogen and oxygen atoms in total. The van der Waals surface area contributed by atoms with Gasteiger partial charge in [-0.05, 0) is 63.1 Å². The fourth-order valence-corrected chi connectivity index (χ4v) is 5.64. The van der Waals surface area contributed by atoms with Crippen molar-refractivity contribution in [3.05, 3.63) is 39.4 Å². The fourth-order valence-electron chi connectivity index (χ4n) is 5.18. The molecule has 0 spiro atoms. The average molecular weight is 587 g/mol. The Morgan fingerprint density at radius 1 is 1.08 bits per heavy atom. The second-order valence-corrected chi connectivity index (χ2v) is 11.0. The summed E-state index contributed by atoms with van der Waals surface area (Å²) in [6.07, 6.45) is -4.10. The van der Waals surface area contributed by atoms with E-state index >= 15 is 0 Å². The monoisotopic (exact) mass is 586 g/mol. The summed E-state index contributed by atoms with van der Waals surface area (Å²) in [6, 6.07) is 4.75. The van der Waals surface area contributed by atoms with Crippen LogP contribution >= 0.6 is 23.2 Å². The van der Waals surface area contributed by atoms with Gasteiger partial charge in [0.1, 0.15) is 12.0 Å². The molecule has 0 bridgehead atoms. The highest BCUT2D eigenvalue weighted by Gasteiger charge is 2.41. The van der Waals surface area contributed by atoms with E-state index in [4.69, 9.17) is 23.2 Å². The van der Waals surface area contributed by atoms with Crippen molar-refractivity contribution in [2.75, 3.05) is 23.3 Å². The van der Waals surface area contributed by atoms with Gasteiger partial charge in [-0.2, -0.15) is 18.2 Å². The number of carbonyl (C=O) groups excluding carboxylic acids is 1. The quantitative estimate of drug-likeness (QED) is 0.277. The Kier molecular flexibility index (Phi) is 7.83. The number of alkyl halides is 4. The number of benzene rings is 1. The molecule has 210 valence electrons. The van der Waals surface area contributed by atoms with Crippen LogP contribution in [0.25, 0.3) is 11.2 Å². The number of nitrogens with one attached hydrogen (secondary N) is 3. The predicted molar refractivity (Wildman–Crippen MR) is 144 cm³/mol. The summed E-state index contributed by atoms with van der Waals surface area (Å²) in [5, 5.41) is 6.81. The summed E-state index contributed by atoms with van der Waals surface area (Å²) < 4.78 is 53.1. The van der Waals surface area contributed by atoms with Gasteiger partial charge >= 0.3 is 6.18 Å². The molecule has 3 N–H and O–H groups in total. The smallest absolute Gasteiger partial charge is 0.356 e. The van der Waals surface area contributed by atoms with Crippen LogP contribution in [-0.4, -0.2) is 52.3 Å². The van der Waals surface area contributed by atoms with Gasteiger partial charge < -0.3 is 20.5 Å². The second kappa shape index (κ2) is 11.0. The summed E-state index contributed by atoms with van der Waals surface area (Å²) in [5.41, 5.74) is 2.33. The minimum atomic E-state index is -4.22. The number of aromatic nitrogens is 3. The van der Waals surface area contributed by atoms with E-state index in [1.54, 1.807) is 18.2 Å². The lowest BCUT2D eigenvalue weighted by molar-refractivity contribution is -0.182. The second-order valence-electron chi connectivity index (χ2n) is 10.2. The highest BCUT2D eigenvalue weighted by molar-refractivity contribution is 6.39. The van der Waals surface area contributed by atoms with Crippen molar-refractivity contribution in [2.45, 2.75) is 63.8 Å². The van der Waals surface area contributed by atoms with E-state index in [2.05, 4.69) is 25.6 Å². The van der Waals surface area contributed by atoms with Gasteiger partial charge in [0.05, 0.1) is 32.7 Å². The largest absolute Gasteiger partial charge is 0.391 e. The molecule has 1 saturated heterocycles. The average Bonchev–Trinajstić information content (AvgIpc) is 3.30. The number of aryl methyl sites for hydroxylation is 1. The minimum Gasteiger partial charge on any atom is -0.356 e. The third-order valence-electron chi connectivity index (χ3n) is 7.47. The van der Waals surface area contributed by atoms with Crippen molar-refractivity contribution in [3.63, 3.8) is 0 Å². The number of hydrogen-bond acceptors (Lipinski definition) is 5. The summed E-state index contributed by atoms with van der Waals surface area (Å²) in [7, 11) is 0. The van der Waals surface area contributed by atoms with Gasteiger partial charge in [-0.25, -0.2) is 9.37 Å². The Hall–Kier alpha value is -2.79. The van der Waals surface area contributed by atoms with E-state index in [0.29, 0.717) is 64.6 Å². The normalized spacial score (nSPS) is 20.8. The molecule has 2 fully saturated rings. The lowest BCUT2D eigenvalue weighted by Crippen LogP contribution is -2.41. The van der Waals surface area contributed by atoms with Crippen molar-refractivity contribution in [2.24, 2.45) is 5.92 Å². The number of aromatic amines is 1. The maximum Gasteiger partial charge on any atom is 0.391 e. The van der Waals surface area contributed by atoms with Crippen LogP contribution in [0.15, 0.2) is 18.2 Å². The Balaban J connectivity index is 1.43. The Bertz CT molecular complexity index is 1360. The van der Waals surface area contributed by atoms with Gasteiger partial charge in [0.15, 0.2) is 5.65 Å². The molecule has 13 heteroatoms. The molecular weight excluding hydrogens is 559 g/mol. The Morgan fingerprint density at radius 3 is 2.44 bits per heavy atom. The molecule has 3 aromatic rings. The first-order chi connectivity index (χ1) is 18.5. The summed E-state index contributed by atoms with van der Waals surface area (Å²) in [5.74, 6) is -1.11. The summed E-state index contributed by atoms with van der Waals surface area (Å²) >= 11 is 12.7. The van der Waals surface area contributed by atoms with Gasteiger partial charge in [0.2, 0.25) is 5.95 Å². The molecule has 1 aliphatic heterocycles. The lowest BCUT2D eigenvalue weighted by atomic mass is 9.85. The van der Waals surface area contributed by atoms with E-state index in [-0.39, 0.29) is 37.3 Å². The van der Waals surface area contributed by atoms with Crippen LogP contribution in [0.2, 0.25) is 10.0 Å². The number of nitrogens with zero attached hydrogens (tertiary/aromatic N) is 3. The van der Waals surface area contributed by atoms with Crippen LogP contribution in [0.5, 0.6) is 0 Å². The van der Waals surface area contributed by atoms with E-state index in [9.17, 15) is 22.4 Å². The first kappa shape index (κ1) is 27.8. The van der Waals surface area contributed by atoms with Crippen molar-refractivity contribution in [3.8, 4) is 0 Å². The van der Waals surface area contributed by atoms with Gasteiger partial charge in [-0.15, -0.1) is 0 Å². The third kappa shape index (κ3) is 6.04. The predicted octanol–water partition coefficient (Wildman–Crippen LogP) is 7.11. The molecule has 39 heavy (non-hydrogen) atoms. The highest BCUT2D eigenvalue weighted by atomic mass is 35.5. The number of hydrogen-bond donors (Lipinski definition) is 3. The maximum atomic E-state index is 13.9. The zero-order valence-corrected chi connectivity index (χ0v) is 22.7. The maximum absolute atomic E-state index is 13.9. The van der Waals surface area contributed by atoms with Gasteiger partial charge in [-0.3, -0.25) is 4.79 Å². The molecule has 0 unspecified atom stereocenters. The molecule has 0 radical (unpaired) electrons. The number of piperidine rings is 1. The third-order valence-corrected chi connectivity index (χ3v) is 8.28. The van der Waals surface area contributed by atoms with Crippen molar-refractivity contribution in [1.29, 1.82) is 0 Å². The van der Waals surface area contributed by atoms with Crippen LogP contribution in [-0.2, 0) is 0 Å². The van der Waals surface area contributed by atoms with Crippen LogP contribution in [0.1, 0.15) is 54.4 Å². The zero-order valence-electron chi connectivity index (χ0n) is 21.1. The lowest BCUT2D eigenvalue weighted by Gasteiger charge is -2.32. The molecule has 5 rings (SSSR count). The molecule has 3 heterocycles. The Morgan fingerprint density at radius 2 is 1.77 bits per heavy atom. The molecule has 0 atom stereocenters. The van der Waals surface area contributed by atoms with Crippen molar-refractivity contribution < 1.29 is 22.4 Å². The molecule has 1 amide bonds. The SMILES string of the molecule is Cc1ccc(Cl)c(Nc2nc3nc(N4CCC(F)CC4)c(C(=O)NC4CCC(C(F)(F)F)CC4)cc3[nH]2)c1Cl. The standard InChI is InChI=1S/C26H28Cl2F4N6O/c1-13-2-7-18(27)21(20(13)28)35-25-34-19-12-17(23(36-22(19)37-25)38-10-8-15(29)9-11-38)24(39)33-16-5-3-14(4-6-16)26(30,31)32/h2,7,12,14-16H,3-6,8-11H2,1H3,(H,33,39)(H2,34,35,36,37). The molecular formula is C26H28Cl2F4N6O. The van der Waals surface area contributed by atoms with Crippen LogP contribution in [0.3, 0.4) is 0 Å². The van der Waals surface area contributed by atoms with Crippen molar-refractivity contribution >= 4 is 57.7 Å². The fraction of sp³-hybridized carbons (Fsp3) is 0.500. The number of H-pyrrole nitrogens is 1. The number of fused-ring (bicyclic) bond motifs is 1. The van der Waals surface area contributed by atoms with E-state index in [1.807, 2.05) is 11.8 Å². The number of halogens is 6. The topological polar surface area (TPSA) is 85.9 Å². The molecule has 1 aromatic carbocycles. The van der Waals surface area contributed by atoms with Gasteiger partial charge in [-0.1, -0.05) is 29.3 Å². The molecule has 2 aliphatic rings. The summed E-state index contributed by atoms with van der Waals surface area (Å²) in [4.78, 5) is 27.5. The van der Waals surface area contributed by atoms with Crippen LogP contribution in [0.4, 0.5) is 35.0 Å². The van der Waals surface area contributed by atoms with Crippen LogP contribution in [0, 0.1) is 12.8 Å². The van der Waals surface area contributed by atoms with Gasteiger partial charge in [0, 0.05) is 19.1 Å². The first-order valence-electron chi connectivity index (χ1n) is 12.9. The first-order valence-corrected chi connectivity index (χ1v) is 13.6. The Labute approximate surface area is 232 Å². The highest BCUT2D eigenvalue weighted by Crippen LogP contribution is 2.38. The molecule has 1 saturated carbocycles. The number of amides is 1. The van der Waals surface area contributed by atoms with E-state index in [0.717, 1.165) is 5.56 Å². The minimum absolute atomic E-state index is 0.0255.